The number of amides is 1. The average molecular weight is 413 g/mol. The lowest BCUT2D eigenvalue weighted by atomic mass is 9.80. The van der Waals surface area contributed by atoms with Crippen molar-refractivity contribution in [2.75, 3.05) is 21.2 Å². The molecule has 0 bridgehead atoms. The maximum absolute atomic E-state index is 12.6. The van der Waals surface area contributed by atoms with E-state index in [0.717, 1.165) is 25.7 Å². The molecule has 26 heavy (non-hydrogen) atoms. The molecule has 1 N–H and O–H groups in total. The topological polar surface area (TPSA) is 41.6 Å². The highest BCUT2D eigenvalue weighted by Gasteiger charge is 2.31. The Kier molecular flexibility index (Phi) is 6.61. The fourth-order valence-corrected chi connectivity index (χ4v) is 5.94. The summed E-state index contributed by atoms with van der Waals surface area (Å²) in [7, 11) is 5.86. The number of ether oxygens (including phenoxy) is 1. The fraction of sp³-hybridized carbons (Fsp3) is 0.526. The van der Waals surface area contributed by atoms with Gasteiger partial charge in [0.2, 0.25) is 0 Å². The monoisotopic (exact) mass is 412 g/mol. The van der Waals surface area contributed by atoms with Crippen LogP contribution in [0.15, 0.2) is 22.9 Å². The molecule has 1 fully saturated rings. The predicted octanol–water partition coefficient (Wildman–Crippen LogP) is 5.06. The van der Waals surface area contributed by atoms with Gasteiger partial charge in [0.05, 0.1) is 12.7 Å². The van der Waals surface area contributed by atoms with E-state index >= 15 is 0 Å². The van der Waals surface area contributed by atoms with E-state index in [9.17, 15) is 4.79 Å². The van der Waals surface area contributed by atoms with Gasteiger partial charge in [-0.3, -0.25) is 4.79 Å². The first-order valence-corrected chi connectivity index (χ1v) is 11.0. The quantitative estimate of drug-likeness (QED) is 0.720. The summed E-state index contributed by atoms with van der Waals surface area (Å²) in [4.78, 5) is 16.3. The van der Waals surface area contributed by atoms with Crippen molar-refractivity contribution in [3.8, 4) is 5.75 Å². The number of rotatable bonds is 6. The van der Waals surface area contributed by atoms with E-state index in [1.807, 2.05) is 11.3 Å². The molecule has 1 unspecified atom stereocenters. The Morgan fingerprint density at radius 1 is 1.31 bits per heavy atom. The molecule has 2 aromatic heterocycles. The lowest BCUT2D eigenvalue weighted by Gasteiger charge is -2.37. The van der Waals surface area contributed by atoms with Crippen LogP contribution >= 0.6 is 34.3 Å². The van der Waals surface area contributed by atoms with Crippen LogP contribution in [0.2, 0.25) is 4.34 Å². The minimum absolute atomic E-state index is 0.0872. The van der Waals surface area contributed by atoms with Crippen LogP contribution in [0.1, 0.15) is 47.0 Å². The van der Waals surface area contributed by atoms with Crippen molar-refractivity contribution in [2.24, 2.45) is 5.92 Å². The Hall–Kier alpha value is -1.08. The van der Waals surface area contributed by atoms with Crippen LogP contribution in [0.3, 0.4) is 0 Å². The molecule has 2 aromatic rings. The number of carbonyl (C=O) groups excluding carboxylic acids is 1. The largest absolute Gasteiger partial charge is 0.493 e. The molecule has 142 valence electrons. The molecule has 0 spiro atoms. The molecule has 0 saturated heterocycles. The van der Waals surface area contributed by atoms with Crippen molar-refractivity contribution in [3.63, 3.8) is 0 Å². The fourth-order valence-electron chi connectivity index (χ4n) is 3.88. The van der Waals surface area contributed by atoms with Crippen molar-refractivity contribution in [1.82, 2.24) is 10.2 Å². The maximum Gasteiger partial charge on any atom is 0.256 e. The van der Waals surface area contributed by atoms with E-state index < -0.39 is 0 Å². The van der Waals surface area contributed by atoms with E-state index in [1.165, 1.54) is 16.2 Å². The molecule has 0 radical (unpaired) electrons. The van der Waals surface area contributed by atoms with Gasteiger partial charge in [-0.15, -0.1) is 22.7 Å². The molecule has 1 aliphatic rings. The third kappa shape index (κ3) is 4.25. The minimum Gasteiger partial charge on any atom is -0.493 e. The van der Waals surface area contributed by atoms with E-state index in [4.69, 9.17) is 16.3 Å². The standard InChI is InChI=1S/C19H25ClN2O2S2/c1-22(2)16(15-5-4-10-25-15)12-6-8-13(9-7-12)21-19(23)14-11-26-18(20)17(14)24-3/h4-5,10-13,16H,6-9H2,1-3H3,(H,21,23). The van der Waals surface area contributed by atoms with Gasteiger partial charge in [0, 0.05) is 22.3 Å². The van der Waals surface area contributed by atoms with Gasteiger partial charge in [0.25, 0.3) is 5.91 Å². The van der Waals surface area contributed by atoms with E-state index in [2.05, 4.69) is 41.8 Å². The van der Waals surface area contributed by atoms with E-state index in [0.29, 0.717) is 27.6 Å². The first-order chi connectivity index (χ1) is 12.5. The van der Waals surface area contributed by atoms with E-state index in [1.54, 1.807) is 12.5 Å². The zero-order valence-corrected chi connectivity index (χ0v) is 17.7. The first kappa shape index (κ1) is 19.7. The zero-order valence-electron chi connectivity index (χ0n) is 15.3. The average Bonchev–Trinajstić information content (AvgIpc) is 3.26. The molecule has 1 aliphatic carbocycles. The second kappa shape index (κ2) is 8.74. The summed E-state index contributed by atoms with van der Waals surface area (Å²) in [5, 5.41) is 7.08. The molecular formula is C19H25ClN2O2S2. The molecule has 7 heteroatoms. The molecule has 1 atom stereocenters. The Labute approximate surface area is 168 Å². The number of nitrogens with one attached hydrogen (secondary N) is 1. The number of hydrogen-bond donors (Lipinski definition) is 1. The van der Waals surface area contributed by atoms with Gasteiger partial charge in [0.1, 0.15) is 4.34 Å². The van der Waals surface area contributed by atoms with Gasteiger partial charge in [-0.05, 0) is 57.1 Å². The Balaban J connectivity index is 1.59. The normalized spacial score (nSPS) is 21.6. The van der Waals surface area contributed by atoms with E-state index in [-0.39, 0.29) is 11.9 Å². The molecule has 2 heterocycles. The Bertz CT molecular complexity index is 722. The number of halogens is 1. The van der Waals surface area contributed by atoms with Crippen molar-refractivity contribution in [2.45, 2.75) is 37.8 Å². The van der Waals surface area contributed by atoms with Crippen molar-refractivity contribution in [1.29, 1.82) is 0 Å². The smallest absolute Gasteiger partial charge is 0.256 e. The highest BCUT2D eigenvalue weighted by molar-refractivity contribution is 7.15. The number of thiophene rings is 2. The summed E-state index contributed by atoms with van der Waals surface area (Å²) >= 11 is 9.23. The minimum atomic E-state index is -0.0872. The van der Waals surface area contributed by atoms with Crippen LogP contribution in [0, 0.1) is 5.92 Å². The van der Waals surface area contributed by atoms with Crippen molar-refractivity contribution in [3.05, 3.63) is 37.7 Å². The first-order valence-electron chi connectivity index (χ1n) is 8.83. The van der Waals surface area contributed by atoms with Gasteiger partial charge in [-0.25, -0.2) is 0 Å². The SMILES string of the molecule is COc1c(C(=O)NC2CCC(C(c3cccs3)N(C)C)CC2)csc1Cl. The summed E-state index contributed by atoms with van der Waals surface area (Å²) in [5.74, 6) is 1.02. The maximum atomic E-state index is 12.6. The van der Waals surface area contributed by atoms with Crippen LogP contribution in [-0.2, 0) is 0 Å². The van der Waals surface area contributed by atoms with Gasteiger partial charge >= 0.3 is 0 Å². The lowest BCUT2D eigenvalue weighted by Crippen LogP contribution is -2.39. The molecule has 1 saturated carbocycles. The Morgan fingerprint density at radius 2 is 2.04 bits per heavy atom. The molecule has 4 nitrogen and oxygen atoms in total. The summed E-state index contributed by atoms with van der Waals surface area (Å²) < 4.78 is 5.78. The van der Waals surface area contributed by atoms with Gasteiger partial charge in [0.15, 0.2) is 5.75 Å². The van der Waals surface area contributed by atoms with Crippen molar-refractivity contribution < 1.29 is 9.53 Å². The van der Waals surface area contributed by atoms with Gasteiger partial charge in [-0.2, -0.15) is 0 Å². The second-order valence-electron chi connectivity index (χ2n) is 6.97. The van der Waals surface area contributed by atoms with Gasteiger partial charge < -0.3 is 15.0 Å². The molecule has 1 amide bonds. The lowest BCUT2D eigenvalue weighted by molar-refractivity contribution is 0.0905. The third-order valence-corrected chi connectivity index (χ3v) is 7.22. The van der Waals surface area contributed by atoms with Gasteiger partial charge in [-0.1, -0.05) is 17.7 Å². The zero-order chi connectivity index (χ0) is 18.7. The molecule has 0 aromatic carbocycles. The summed E-state index contributed by atoms with van der Waals surface area (Å²) in [6.45, 7) is 0. The van der Waals surface area contributed by atoms with Crippen LogP contribution in [0.5, 0.6) is 5.75 Å². The number of methoxy groups -OCH3 is 1. The van der Waals surface area contributed by atoms with Crippen LogP contribution in [0.4, 0.5) is 0 Å². The molecular weight excluding hydrogens is 388 g/mol. The molecule has 3 rings (SSSR count). The van der Waals surface area contributed by atoms with Crippen LogP contribution in [-0.4, -0.2) is 38.1 Å². The summed E-state index contributed by atoms with van der Waals surface area (Å²) in [6.07, 6.45) is 4.25. The van der Waals surface area contributed by atoms with Crippen LogP contribution in [0.25, 0.3) is 0 Å². The highest BCUT2D eigenvalue weighted by Crippen LogP contribution is 2.39. The number of nitrogens with zero attached hydrogens (tertiary/aromatic N) is 1. The predicted molar refractivity (Wildman–Crippen MR) is 110 cm³/mol. The highest BCUT2D eigenvalue weighted by atomic mass is 35.5. The summed E-state index contributed by atoms with van der Waals surface area (Å²) in [6, 6.07) is 5.04. The van der Waals surface area contributed by atoms with Crippen molar-refractivity contribution >= 4 is 40.2 Å². The summed E-state index contributed by atoms with van der Waals surface area (Å²) in [5.41, 5.74) is 0.536. The second-order valence-corrected chi connectivity index (χ2v) is 9.43. The third-order valence-electron chi connectivity index (χ3n) is 5.10. The van der Waals surface area contributed by atoms with Crippen LogP contribution < -0.4 is 10.1 Å². The number of carbonyl (C=O) groups is 1. The number of hydrogen-bond acceptors (Lipinski definition) is 5. The Morgan fingerprint density at radius 3 is 2.62 bits per heavy atom. The molecule has 0 aliphatic heterocycles.